The Hall–Kier alpha value is -3.83. The zero-order valence-corrected chi connectivity index (χ0v) is 17.1. The van der Waals surface area contributed by atoms with Gasteiger partial charge in [0, 0.05) is 24.4 Å². The Morgan fingerprint density at radius 3 is 2.26 bits per heavy atom. The first-order valence-electron chi connectivity index (χ1n) is 10.0. The monoisotopic (exact) mass is 410 g/mol. The smallest absolute Gasteiger partial charge is 0.211 e. The summed E-state index contributed by atoms with van der Waals surface area (Å²) in [4.78, 5) is 23.6. The average molecular weight is 410 g/mol. The van der Waals surface area contributed by atoms with E-state index < -0.39 is 11.5 Å². The van der Waals surface area contributed by atoms with Crippen molar-refractivity contribution in [3.05, 3.63) is 123 Å². The van der Waals surface area contributed by atoms with E-state index in [0.717, 1.165) is 27.9 Å². The Bertz CT molecular complexity index is 1270. The fourth-order valence-corrected chi connectivity index (χ4v) is 3.73. The van der Waals surface area contributed by atoms with E-state index in [0.29, 0.717) is 12.1 Å². The summed E-state index contributed by atoms with van der Waals surface area (Å²) in [5.41, 5.74) is 4.45. The summed E-state index contributed by atoms with van der Waals surface area (Å²) in [5.74, 6) is 0. The van der Waals surface area contributed by atoms with Gasteiger partial charge in [-0.15, -0.1) is 4.91 Å². The quantitative estimate of drug-likeness (QED) is 0.428. The molecular formula is C26H22N2O3. The van der Waals surface area contributed by atoms with Crippen LogP contribution < -0.4 is 5.43 Å². The van der Waals surface area contributed by atoms with E-state index in [1.807, 2.05) is 79.7 Å². The maximum atomic E-state index is 12.3. The van der Waals surface area contributed by atoms with Crippen LogP contribution in [0.15, 0.2) is 101 Å². The molecular weight excluding hydrogens is 388 g/mol. The number of nitrogens with zero attached hydrogens (tertiary/aromatic N) is 2. The molecule has 0 bridgehead atoms. The summed E-state index contributed by atoms with van der Waals surface area (Å²) < 4.78 is 1.69. The predicted molar refractivity (Wildman–Crippen MR) is 123 cm³/mol. The minimum atomic E-state index is -0.934. The Morgan fingerprint density at radius 1 is 0.903 bits per heavy atom. The van der Waals surface area contributed by atoms with Gasteiger partial charge in [0.1, 0.15) is 0 Å². The molecule has 0 aliphatic carbocycles. The highest BCUT2D eigenvalue weighted by Crippen LogP contribution is 2.28. The van der Waals surface area contributed by atoms with Crippen molar-refractivity contribution in [3.63, 3.8) is 0 Å². The molecule has 0 spiro atoms. The van der Waals surface area contributed by atoms with Gasteiger partial charge in [0.05, 0.1) is 11.8 Å². The van der Waals surface area contributed by atoms with Gasteiger partial charge in [0.15, 0.2) is 5.69 Å². The van der Waals surface area contributed by atoms with E-state index in [1.165, 1.54) is 12.3 Å². The Labute approximate surface area is 180 Å². The third-order valence-electron chi connectivity index (χ3n) is 5.22. The summed E-state index contributed by atoms with van der Waals surface area (Å²) in [5, 5.41) is 13.9. The van der Waals surface area contributed by atoms with Crippen molar-refractivity contribution in [2.45, 2.75) is 19.4 Å². The number of hydrogen-bond donors (Lipinski definition) is 1. The molecule has 5 nitrogen and oxygen atoms in total. The molecule has 0 radical (unpaired) electrons. The van der Waals surface area contributed by atoms with Crippen molar-refractivity contribution >= 4 is 5.69 Å². The molecule has 4 aromatic rings. The van der Waals surface area contributed by atoms with E-state index in [4.69, 9.17) is 0 Å². The molecule has 0 amide bonds. The number of aromatic nitrogens is 1. The largest absolute Gasteiger partial charge is 0.387 e. The minimum absolute atomic E-state index is 0.196. The second-order valence-corrected chi connectivity index (χ2v) is 7.54. The standard InChI is InChI=1S/C26H22N2O3/c1-18-12-21(20-10-6-3-7-11-20)15-22(13-18)28-17-23(27-31)25(29)16-24(28)26(30)14-19-8-4-2-5-9-19/h2-13,15-17,26,30H,14H2,1H3. The molecule has 1 unspecified atom stereocenters. The molecule has 5 heteroatoms. The first-order chi connectivity index (χ1) is 15.0. The lowest BCUT2D eigenvalue weighted by Gasteiger charge is -2.20. The maximum absolute atomic E-state index is 12.3. The van der Waals surface area contributed by atoms with Gasteiger partial charge in [0.25, 0.3) is 0 Å². The Kier molecular flexibility index (Phi) is 5.87. The van der Waals surface area contributed by atoms with Crippen LogP contribution in [0.5, 0.6) is 0 Å². The zero-order chi connectivity index (χ0) is 21.8. The van der Waals surface area contributed by atoms with Crippen LogP contribution >= 0.6 is 0 Å². The van der Waals surface area contributed by atoms with Crippen LogP contribution in [-0.4, -0.2) is 9.67 Å². The minimum Gasteiger partial charge on any atom is -0.387 e. The highest BCUT2D eigenvalue weighted by molar-refractivity contribution is 5.67. The number of nitroso groups, excluding NO2 is 1. The van der Waals surface area contributed by atoms with Crippen molar-refractivity contribution in [1.29, 1.82) is 0 Å². The topological polar surface area (TPSA) is 71.7 Å². The number of hydrogen-bond acceptors (Lipinski definition) is 4. The number of rotatable bonds is 6. The van der Waals surface area contributed by atoms with Crippen molar-refractivity contribution < 1.29 is 5.11 Å². The van der Waals surface area contributed by atoms with Gasteiger partial charge in [-0.25, -0.2) is 0 Å². The molecule has 1 atom stereocenters. The third-order valence-corrected chi connectivity index (χ3v) is 5.22. The van der Waals surface area contributed by atoms with E-state index in [9.17, 15) is 14.8 Å². The maximum Gasteiger partial charge on any atom is 0.211 e. The van der Waals surface area contributed by atoms with E-state index in [1.54, 1.807) is 4.57 Å². The predicted octanol–water partition coefficient (Wildman–Crippen LogP) is 5.49. The normalized spacial score (nSPS) is 11.8. The Morgan fingerprint density at radius 2 is 1.58 bits per heavy atom. The van der Waals surface area contributed by atoms with Crippen LogP contribution in [0.4, 0.5) is 5.69 Å². The van der Waals surface area contributed by atoms with Crippen molar-refractivity contribution in [1.82, 2.24) is 4.57 Å². The number of pyridine rings is 1. The lowest BCUT2D eigenvalue weighted by atomic mass is 10.0. The molecule has 1 heterocycles. The fraction of sp³-hybridized carbons (Fsp3) is 0.115. The summed E-state index contributed by atoms with van der Waals surface area (Å²) >= 11 is 0. The van der Waals surface area contributed by atoms with Crippen LogP contribution in [-0.2, 0) is 6.42 Å². The number of benzene rings is 3. The first kappa shape index (κ1) is 20.4. The van der Waals surface area contributed by atoms with Crippen LogP contribution in [0.2, 0.25) is 0 Å². The third kappa shape index (κ3) is 4.52. The summed E-state index contributed by atoms with van der Waals surface area (Å²) in [7, 11) is 0. The molecule has 0 saturated carbocycles. The Balaban J connectivity index is 1.85. The van der Waals surface area contributed by atoms with Crippen LogP contribution in [0.25, 0.3) is 16.8 Å². The summed E-state index contributed by atoms with van der Waals surface area (Å²) in [6, 6.07) is 26.8. The molecule has 0 aliphatic rings. The SMILES string of the molecule is Cc1cc(-c2ccccc2)cc(-n2cc(N=O)c(=O)cc2C(O)Cc2ccccc2)c1. The van der Waals surface area contributed by atoms with Gasteiger partial charge in [-0.2, -0.15) is 0 Å². The highest BCUT2D eigenvalue weighted by atomic mass is 16.3. The average Bonchev–Trinajstić information content (AvgIpc) is 2.79. The van der Waals surface area contributed by atoms with Gasteiger partial charge >= 0.3 is 0 Å². The number of aliphatic hydroxyl groups excluding tert-OH is 1. The van der Waals surface area contributed by atoms with Crippen LogP contribution in [0.1, 0.15) is 22.9 Å². The van der Waals surface area contributed by atoms with Gasteiger partial charge in [0.2, 0.25) is 5.43 Å². The fourth-order valence-electron chi connectivity index (χ4n) is 3.73. The van der Waals surface area contributed by atoms with Gasteiger partial charge in [-0.05, 0) is 46.5 Å². The van der Waals surface area contributed by atoms with Gasteiger partial charge in [-0.1, -0.05) is 66.7 Å². The molecule has 4 rings (SSSR count). The molecule has 0 aliphatic heterocycles. The van der Waals surface area contributed by atoms with Crippen molar-refractivity contribution in [3.8, 4) is 16.8 Å². The second kappa shape index (κ2) is 8.90. The molecule has 154 valence electrons. The van der Waals surface area contributed by atoms with Crippen molar-refractivity contribution in [2.75, 3.05) is 0 Å². The highest BCUT2D eigenvalue weighted by Gasteiger charge is 2.17. The first-order valence-corrected chi connectivity index (χ1v) is 10.0. The number of aryl methyl sites for hydroxylation is 1. The molecule has 1 N–H and O–H groups in total. The molecule has 1 aromatic heterocycles. The van der Waals surface area contributed by atoms with Gasteiger partial charge in [-0.3, -0.25) is 4.79 Å². The van der Waals surface area contributed by atoms with E-state index in [2.05, 4.69) is 11.2 Å². The molecule has 3 aromatic carbocycles. The molecule has 0 fully saturated rings. The van der Waals surface area contributed by atoms with Crippen LogP contribution in [0.3, 0.4) is 0 Å². The molecule has 0 saturated heterocycles. The lowest BCUT2D eigenvalue weighted by molar-refractivity contribution is 0.171. The summed E-state index contributed by atoms with van der Waals surface area (Å²) in [6.07, 6.45) is 0.810. The van der Waals surface area contributed by atoms with Crippen LogP contribution in [0, 0.1) is 11.8 Å². The lowest BCUT2D eigenvalue weighted by Crippen LogP contribution is -2.16. The van der Waals surface area contributed by atoms with E-state index >= 15 is 0 Å². The van der Waals surface area contributed by atoms with E-state index in [-0.39, 0.29) is 5.69 Å². The number of aliphatic hydroxyl groups is 1. The molecule has 31 heavy (non-hydrogen) atoms. The summed E-state index contributed by atoms with van der Waals surface area (Å²) in [6.45, 7) is 1.98. The second-order valence-electron chi connectivity index (χ2n) is 7.54. The van der Waals surface area contributed by atoms with Gasteiger partial charge < -0.3 is 9.67 Å². The van der Waals surface area contributed by atoms with Crippen molar-refractivity contribution in [2.24, 2.45) is 5.18 Å². The zero-order valence-electron chi connectivity index (χ0n) is 17.1.